The Labute approximate surface area is 260 Å². The molecule has 0 N–H and O–H groups in total. The third kappa shape index (κ3) is 5.03. The number of fused-ring (bicyclic) bond motifs is 3. The first kappa shape index (κ1) is 28.2. The first-order valence-electron chi connectivity index (χ1n) is 14.4. The molecule has 1 unspecified atom stereocenters. The molecule has 3 aromatic carbocycles. The van der Waals surface area contributed by atoms with Crippen molar-refractivity contribution in [1.29, 1.82) is 0 Å². The van der Waals surface area contributed by atoms with Crippen molar-refractivity contribution in [2.75, 3.05) is 0 Å². The Hall–Kier alpha value is -2.98. The van der Waals surface area contributed by atoms with Gasteiger partial charge in [0.15, 0.2) is 0 Å². The minimum absolute atomic E-state index is 0. The third-order valence-electron chi connectivity index (χ3n) is 8.47. The number of imidazole rings is 1. The van der Waals surface area contributed by atoms with Gasteiger partial charge >= 0.3 is 0 Å². The van der Waals surface area contributed by atoms with E-state index in [9.17, 15) is 0 Å². The van der Waals surface area contributed by atoms with Crippen LogP contribution in [0.5, 0.6) is 0 Å². The van der Waals surface area contributed by atoms with Gasteiger partial charge in [0.2, 0.25) is 0 Å². The van der Waals surface area contributed by atoms with Gasteiger partial charge in [0.05, 0.1) is 16.9 Å². The Balaban J connectivity index is 0.000000156. The second-order valence-electron chi connectivity index (χ2n) is 11.5. The van der Waals surface area contributed by atoms with E-state index >= 15 is 0 Å². The second kappa shape index (κ2) is 11.4. The van der Waals surface area contributed by atoms with E-state index < -0.39 is 0 Å². The summed E-state index contributed by atoms with van der Waals surface area (Å²) >= 11 is 1.89. The molecular weight excluding hydrogens is 699 g/mol. The number of allylic oxidation sites excluding steroid dienone is 2. The van der Waals surface area contributed by atoms with E-state index in [-0.39, 0.29) is 24.9 Å². The summed E-state index contributed by atoms with van der Waals surface area (Å²) in [5.74, 6) is 1.76. The fraction of sp³-hybridized carbons (Fsp3) is 0.278. The van der Waals surface area contributed by atoms with Gasteiger partial charge in [-0.3, -0.25) is 4.98 Å². The molecule has 3 aliphatic rings. The van der Waals surface area contributed by atoms with Crippen LogP contribution in [-0.4, -0.2) is 14.5 Å². The fourth-order valence-corrected chi connectivity index (χ4v) is 7.86. The molecule has 1 fully saturated rings. The predicted molar refractivity (Wildman–Crippen MR) is 166 cm³/mol. The first-order chi connectivity index (χ1) is 19.5. The summed E-state index contributed by atoms with van der Waals surface area (Å²) in [5.41, 5.74) is 9.97. The number of thioether (sulfide) groups is 1. The Kier molecular flexibility index (Phi) is 7.80. The van der Waals surface area contributed by atoms with Crippen LogP contribution in [0.25, 0.3) is 39.3 Å². The van der Waals surface area contributed by atoms with E-state index in [4.69, 9.17) is 4.98 Å². The molecule has 2 aliphatic heterocycles. The predicted octanol–water partition coefficient (Wildman–Crippen LogP) is 9.54. The fourth-order valence-electron chi connectivity index (χ4n) is 6.63. The third-order valence-corrected chi connectivity index (χ3v) is 9.76. The smallest absolute Gasteiger partial charge is 0.0777 e. The number of hydrogen-bond donors (Lipinski definition) is 0. The largest absolute Gasteiger partial charge is 0.358 e. The Morgan fingerprint density at radius 1 is 0.927 bits per heavy atom. The van der Waals surface area contributed by atoms with Crippen molar-refractivity contribution in [2.24, 2.45) is 5.92 Å². The van der Waals surface area contributed by atoms with Crippen LogP contribution in [0.3, 0.4) is 0 Å². The van der Waals surface area contributed by atoms with Gasteiger partial charge in [0, 0.05) is 42.7 Å². The van der Waals surface area contributed by atoms with Crippen LogP contribution in [0.15, 0.2) is 90.0 Å². The van der Waals surface area contributed by atoms with Gasteiger partial charge in [-0.2, -0.15) is 11.8 Å². The number of hydrogen-bond acceptors (Lipinski definition) is 3. The molecule has 1 saturated carbocycles. The zero-order chi connectivity index (χ0) is 27.3. The Morgan fingerprint density at radius 2 is 1.76 bits per heavy atom. The van der Waals surface area contributed by atoms with Crippen molar-refractivity contribution in [3.05, 3.63) is 108 Å². The first-order valence-corrected chi connectivity index (χ1v) is 15.2. The van der Waals surface area contributed by atoms with Crippen molar-refractivity contribution in [2.45, 2.75) is 62.1 Å². The monoisotopic (exact) mass is 732 g/mol. The molecule has 3 nitrogen and oxygen atoms in total. The summed E-state index contributed by atoms with van der Waals surface area (Å²) in [6, 6.07) is 32.0. The van der Waals surface area contributed by atoms with Gasteiger partial charge in [0.1, 0.15) is 0 Å². The minimum atomic E-state index is 0. The van der Waals surface area contributed by atoms with Gasteiger partial charge in [-0.1, -0.05) is 42.0 Å². The SMILES string of the molecule is CC1(C)Sc2ccc[c-]c2-c2ncccc21.CC1C=C(C2CCCC2)c2cccc3nc(-c4[c-]cccc4)n1c23.[Ir]. The van der Waals surface area contributed by atoms with Crippen molar-refractivity contribution < 1.29 is 20.1 Å². The maximum Gasteiger partial charge on any atom is 0.0777 e. The van der Waals surface area contributed by atoms with Crippen LogP contribution in [0.1, 0.15) is 63.6 Å². The maximum absolute atomic E-state index is 4.96. The van der Waals surface area contributed by atoms with Crippen LogP contribution in [0, 0.1) is 18.1 Å². The molecule has 41 heavy (non-hydrogen) atoms. The quantitative estimate of drug-likeness (QED) is 0.170. The van der Waals surface area contributed by atoms with E-state index in [0.29, 0.717) is 6.04 Å². The van der Waals surface area contributed by atoms with Crippen LogP contribution < -0.4 is 0 Å². The number of aromatic nitrogens is 3. The van der Waals surface area contributed by atoms with Crippen LogP contribution in [0.2, 0.25) is 0 Å². The molecular formula is C36H33IrN3S-2. The normalized spacial score (nSPS) is 18.4. The zero-order valence-electron chi connectivity index (χ0n) is 23.6. The molecule has 4 heterocycles. The summed E-state index contributed by atoms with van der Waals surface area (Å²) in [4.78, 5) is 10.8. The van der Waals surface area contributed by atoms with Crippen LogP contribution >= 0.6 is 11.8 Å². The number of benzene rings is 3. The van der Waals surface area contributed by atoms with E-state index in [2.05, 4.69) is 91.0 Å². The summed E-state index contributed by atoms with van der Waals surface area (Å²) in [7, 11) is 0. The molecule has 0 amide bonds. The molecule has 1 radical (unpaired) electrons. The topological polar surface area (TPSA) is 30.7 Å². The summed E-state index contributed by atoms with van der Waals surface area (Å²) in [6.07, 6.45) is 9.75. The molecule has 0 bridgehead atoms. The van der Waals surface area contributed by atoms with Crippen molar-refractivity contribution in [3.8, 4) is 22.6 Å². The Bertz CT molecular complexity index is 1730. The molecule has 5 aromatic rings. The number of para-hydroxylation sites is 1. The van der Waals surface area contributed by atoms with E-state index in [0.717, 1.165) is 34.1 Å². The number of nitrogens with zero attached hydrogens (tertiary/aromatic N) is 3. The maximum atomic E-state index is 4.96. The molecule has 209 valence electrons. The van der Waals surface area contributed by atoms with E-state index in [1.165, 1.54) is 47.2 Å². The summed E-state index contributed by atoms with van der Waals surface area (Å²) in [6.45, 7) is 6.78. The van der Waals surface area contributed by atoms with Crippen molar-refractivity contribution in [3.63, 3.8) is 0 Å². The van der Waals surface area contributed by atoms with Gasteiger partial charge < -0.3 is 9.55 Å². The van der Waals surface area contributed by atoms with Crippen LogP contribution in [0.4, 0.5) is 0 Å². The molecule has 1 aliphatic carbocycles. The molecule has 5 heteroatoms. The van der Waals surface area contributed by atoms with Gasteiger partial charge in [-0.05, 0) is 68.5 Å². The molecule has 0 spiro atoms. The molecule has 2 aromatic heterocycles. The number of pyridine rings is 1. The minimum Gasteiger partial charge on any atom is -0.358 e. The molecule has 1 atom stereocenters. The van der Waals surface area contributed by atoms with E-state index in [1.807, 2.05) is 48.3 Å². The van der Waals surface area contributed by atoms with Gasteiger partial charge in [-0.15, -0.1) is 65.7 Å². The van der Waals surface area contributed by atoms with Crippen molar-refractivity contribution >= 4 is 28.4 Å². The van der Waals surface area contributed by atoms with Gasteiger partial charge in [-0.25, -0.2) is 0 Å². The second-order valence-corrected chi connectivity index (χ2v) is 13.2. The van der Waals surface area contributed by atoms with E-state index in [1.54, 1.807) is 5.57 Å². The van der Waals surface area contributed by atoms with Crippen LogP contribution in [-0.2, 0) is 24.9 Å². The Morgan fingerprint density at radius 3 is 2.56 bits per heavy atom. The average Bonchev–Trinajstić information content (AvgIpc) is 3.65. The number of rotatable bonds is 2. The standard InChI is InChI=1S/C22H21N2.C14H12NS.Ir/c1-15-14-19(16-8-5-6-9-16)18-12-7-13-20-21(18)24(15)22(23-20)17-10-3-2-4-11-17;1-14(2)11-7-5-9-15-13(11)10-6-3-4-8-12(10)16-14;/h2-4,7,10,12-16H,5-6,8-9H2,1H3;3-5,7-9H,1-2H3;/q2*-1;. The zero-order valence-corrected chi connectivity index (χ0v) is 26.9. The molecule has 0 saturated heterocycles. The van der Waals surface area contributed by atoms with Gasteiger partial charge in [0.25, 0.3) is 0 Å². The summed E-state index contributed by atoms with van der Waals surface area (Å²) < 4.78 is 2.49. The molecule has 8 rings (SSSR count). The summed E-state index contributed by atoms with van der Waals surface area (Å²) in [5, 5.41) is 0. The average molecular weight is 732 g/mol. The van der Waals surface area contributed by atoms with Crippen molar-refractivity contribution in [1.82, 2.24) is 14.5 Å².